The number of ether oxygens (including phenoxy) is 1. The molecule has 3 nitrogen and oxygen atoms in total. The van der Waals surface area contributed by atoms with Gasteiger partial charge in [-0.05, 0) is 43.9 Å². The number of Topliss-reactive ketones (excluding diaryl/α,β-unsaturated/α-hetero) is 2. The van der Waals surface area contributed by atoms with Crippen molar-refractivity contribution in [3.05, 3.63) is 29.3 Å². The van der Waals surface area contributed by atoms with Gasteiger partial charge in [-0.1, -0.05) is 52.0 Å². The second-order valence-corrected chi connectivity index (χ2v) is 6.89. The summed E-state index contributed by atoms with van der Waals surface area (Å²) in [5.74, 6) is -0.129. The maximum Gasteiger partial charge on any atom is 0.180 e. The van der Waals surface area contributed by atoms with Gasteiger partial charge in [-0.15, -0.1) is 0 Å². The van der Waals surface area contributed by atoms with Gasteiger partial charge < -0.3 is 4.74 Å². The Morgan fingerprint density at radius 2 is 1.83 bits per heavy atom. The molecule has 0 aliphatic carbocycles. The summed E-state index contributed by atoms with van der Waals surface area (Å²) in [6.07, 6.45) is 8.24. The molecule has 132 valence electrons. The van der Waals surface area contributed by atoms with Gasteiger partial charge in [0.1, 0.15) is 23.6 Å². The first-order valence-electron chi connectivity index (χ1n) is 9.42. The molecule has 0 bridgehead atoms. The zero-order chi connectivity index (χ0) is 17.5. The van der Waals surface area contributed by atoms with Crippen LogP contribution in [0.25, 0.3) is 0 Å². The molecule has 1 aliphatic rings. The lowest BCUT2D eigenvalue weighted by atomic mass is 9.83. The molecule has 1 aromatic carbocycles. The van der Waals surface area contributed by atoms with Crippen molar-refractivity contribution in [3.63, 3.8) is 0 Å². The highest BCUT2D eigenvalue weighted by atomic mass is 16.5. The smallest absolute Gasteiger partial charge is 0.180 e. The summed E-state index contributed by atoms with van der Waals surface area (Å²) in [7, 11) is 0. The van der Waals surface area contributed by atoms with Crippen LogP contribution >= 0.6 is 0 Å². The van der Waals surface area contributed by atoms with E-state index in [1.54, 1.807) is 0 Å². The Hall–Kier alpha value is -1.64. The van der Waals surface area contributed by atoms with Crippen LogP contribution in [0.1, 0.15) is 81.6 Å². The number of fused-ring (bicyclic) bond motifs is 1. The van der Waals surface area contributed by atoms with Gasteiger partial charge in [-0.3, -0.25) is 9.59 Å². The average molecular weight is 330 g/mol. The molecule has 24 heavy (non-hydrogen) atoms. The number of unbranched alkanes of at least 4 members (excludes halogenated alkanes) is 4. The second-order valence-electron chi connectivity index (χ2n) is 6.89. The first kappa shape index (κ1) is 18.7. The van der Waals surface area contributed by atoms with Crippen molar-refractivity contribution in [1.82, 2.24) is 0 Å². The van der Waals surface area contributed by atoms with Crippen molar-refractivity contribution >= 4 is 11.6 Å². The Labute approximate surface area is 145 Å². The number of aryl methyl sites for hydroxylation is 1. The van der Waals surface area contributed by atoms with Crippen molar-refractivity contribution in [2.75, 3.05) is 0 Å². The molecule has 1 aliphatic heterocycles. The quantitative estimate of drug-likeness (QED) is 0.464. The zero-order valence-corrected chi connectivity index (χ0v) is 15.3. The van der Waals surface area contributed by atoms with Crippen LogP contribution in [0.15, 0.2) is 18.2 Å². The fraction of sp³-hybridized carbons (Fsp3) is 0.619. The first-order chi connectivity index (χ1) is 11.6. The van der Waals surface area contributed by atoms with Gasteiger partial charge in [-0.2, -0.15) is 0 Å². The fourth-order valence-corrected chi connectivity index (χ4v) is 3.43. The third kappa shape index (κ3) is 4.46. The largest absolute Gasteiger partial charge is 0.488 e. The van der Waals surface area contributed by atoms with Crippen molar-refractivity contribution < 1.29 is 14.3 Å². The molecular formula is C21H30O3. The fourth-order valence-electron chi connectivity index (χ4n) is 3.43. The van der Waals surface area contributed by atoms with Crippen LogP contribution in [-0.2, 0) is 11.2 Å². The first-order valence-corrected chi connectivity index (χ1v) is 9.42. The van der Waals surface area contributed by atoms with Gasteiger partial charge in [0, 0.05) is 0 Å². The lowest BCUT2D eigenvalue weighted by Crippen LogP contribution is -2.41. The third-order valence-corrected chi connectivity index (χ3v) is 4.84. The van der Waals surface area contributed by atoms with E-state index in [9.17, 15) is 9.59 Å². The molecule has 2 atom stereocenters. The molecule has 1 heterocycles. The lowest BCUT2D eigenvalue weighted by Gasteiger charge is -2.31. The van der Waals surface area contributed by atoms with Crippen LogP contribution in [0.4, 0.5) is 0 Å². The number of rotatable bonds is 9. The number of benzene rings is 1. The van der Waals surface area contributed by atoms with E-state index >= 15 is 0 Å². The number of carbonyl (C=O) groups excluding carboxylic acids is 2. The van der Waals surface area contributed by atoms with Crippen LogP contribution in [0.3, 0.4) is 0 Å². The van der Waals surface area contributed by atoms with Gasteiger partial charge >= 0.3 is 0 Å². The van der Waals surface area contributed by atoms with Crippen LogP contribution in [0.2, 0.25) is 0 Å². The normalized spacial score (nSPS) is 19.7. The molecule has 0 saturated carbocycles. The van der Waals surface area contributed by atoms with Crippen molar-refractivity contribution in [3.8, 4) is 5.75 Å². The Balaban J connectivity index is 2.16. The minimum atomic E-state index is -0.639. The molecule has 0 spiro atoms. The van der Waals surface area contributed by atoms with Crippen LogP contribution in [-0.4, -0.2) is 17.7 Å². The van der Waals surface area contributed by atoms with E-state index < -0.39 is 5.92 Å². The summed E-state index contributed by atoms with van der Waals surface area (Å²) in [6, 6.07) is 5.91. The van der Waals surface area contributed by atoms with Gasteiger partial charge in [0.05, 0.1) is 5.56 Å². The molecule has 0 fully saturated rings. The number of carbonyl (C=O) groups is 2. The van der Waals surface area contributed by atoms with E-state index in [0.29, 0.717) is 11.3 Å². The van der Waals surface area contributed by atoms with Gasteiger partial charge in [-0.25, -0.2) is 0 Å². The maximum atomic E-state index is 12.9. The summed E-state index contributed by atoms with van der Waals surface area (Å²) in [5.41, 5.74) is 1.76. The predicted octanol–water partition coefficient (Wildman–Crippen LogP) is 5.15. The van der Waals surface area contributed by atoms with E-state index in [4.69, 9.17) is 4.74 Å². The Morgan fingerprint density at radius 1 is 1.08 bits per heavy atom. The Kier molecular flexibility index (Phi) is 7.01. The van der Waals surface area contributed by atoms with Crippen LogP contribution in [0.5, 0.6) is 5.75 Å². The van der Waals surface area contributed by atoms with Crippen LogP contribution in [0, 0.1) is 5.92 Å². The SMILES string of the molecule is CCCCCCc1ccc2c(c1)C(=O)C(C(C)=O)C(CCCC)O2. The summed E-state index contributed by atoms with van der Waals surface area (Å²) in [5, 5.41) is 0. The molecule has 0 saturated heterocycles. The highest BCUT2D eigenvalue weighted by Gasteiger charge is 2.39. The minimum absolute atomic E-state index is 0.0553. The minimum Gasteiger partial charge on any atom is -0.488 e. The molecule has 0 radical (unpaired) electrons. The van der Waals surface area contributed by atoms with Crippen molar-refractivity contribution in [1.29, 1.82) is 0 Å². The van der Waals surface area contributed by atoms with Gasteiger partial charge in [0.25, 0.3) is 0 Å². The molecule has 0 aromatic heterocycles. The monoisotopic (exact) mass is 330 g/mol. The summed E-state index contributed by atoms with van der Waals surface area (Å²) in [4.78, 5) is 24.9. The topological polar surface area (TPSA) is 43.4 Å². The zero-order valence-electron chi connectivity index (χ0n) is 15.3. The molecule has 2 unspecified atom stereocenters. The maximum absolute atomic E-state index is 12.9. The van der Waals surface area contributed by atoms with Crippen LogP contribution < -0.4 is 4.74 Å². The summed E-state index contributed by atoms with van der Waals surface area (Å²) < 4.78 is 6.03. The highest BCUT2D eigenvalue weighted by Crippen LogP contribution is 2.34. The van der Waals surface area contributed by atoms with E-state index in [2.05, 4.69) is 19.9 Å². The molecule has 3 heteroatoms. The van der Waals surface area contributed by atoms with Crippen molar-refractivity contribution in [2.45, 2.75) is 78.2 Å². The Bertz CT molecular complexity index is 576. The summed E-state index contributed by atoms with van der Waals surface area (Å²) in [6.45, 7) is 5.81. The molecular weight excluding hydrogens is 300 g/mol. The number of ketones is 2. The van der Waals surface area contributed by atoms with E-state index in [-0.39, 0.29) is 17.7 Å². The lowest BCUT2D eigenvalue weighted by molar-refractivity contribution is -0.122. The van der Waals surface area contributed by atoms with Crippen molar-refractivity contribution in [2.24, 2.45) is 5.92 Å². The van der Waals surface area contributed by atoms with E-state index in [1.165, 1.54) is 26.2 Å². The number of hydrogen-bond donors (Lipinski definition) is 0. The van der Waals surface area contributed by atoms with E-state index in [1.807, 2.05) is 12.1 Å². The second kappa shape index (κ2) is 9.00. The molecule has 1 aromatic rings. The van der Waals surface area contributed by atoms with Gasteiger partial charge in [0.15, 0.2) is 5.78 Å². The molecule has 2 rings (SSSR count). The molecule has 0 N–H and O–H groups in total. The Morgan fingerprint density at radius 3 is 2.50 bits per heavy atom. The summed E-state index contributed by atoms with van der Waals surface area (Å²) >= 11 is 0. The predicted molar refractivity (Wildman–Crippen MR) is 96.7 cm³/mol. The molecule has 0 amide bonds. The highest BCUT2D eigenvalue weighted by molar-refractivity contribution is 6.12. The number of hydrogen-bond acceptors (Lipinski definition) is 3. The van der Waals surface area contributed by atoms with E-state index in [0.717, 1.165) is 37.7 Å². The average Bonchev–Trinajstić information content (AvgIpc) is 2.57. The third-order valence-electron chi connectivity index (χ3n) is 4.84. The standard InChI is InChI=1S/C21H30O3/c1-4-6-8-9-10-16-12-13-18-17(14-16)21(23)20(15(3)22)19(24-18)11-7-5-2/h12-14,19-20H,4-11H2,1-3H3. The van der Waals surface area contributed by atoms with Gasteiger partial charge in [0.2, 0.25) is 0 Å².